The first-order valence-electron chi connectivity index (χ1n) is 1.87. The Hall–Kier alpha value is 1.13. The van der Waals surface area contributed by atoms with Crippen LogP contribution in [-0.2, 0) is 0 Å². The van der Waals surface area contributed by atoms with Crippen molar-refractivity contribution in [3.63, 3.8) is 0 Å². The van der Waals surface area contributed by atoms with E-state index in [-0.39, 0.29) is 0 Å². The lowest BCUT2D eigenvalue weighted by molar-refractivity contribution is 0.844. The van der Waals surface area contributed by atoms with Gasteiger partial charge in [0, 0.05) is 43.3 Å². The molecule has 0 aliphatic heterocycles. The fraction of sp³-hybridized carbons (Fsp3) is 0.750. The molecule has 0 saturated heterocycles. The predicted octanol–water partition coefficient (Wildman–Crippen LogP) is 2.87. The molecule has 0 heterocycles. The Morgan fingerprint density at radius 3 is 1.57 bits per heavy atom. The van der Waals surface area contributed by atoms with E-state index in [1.807, 2.05) is 13.8 Å². The molecular weight excluding hydrogens is 316 g/mol. The van der Waals surface area contributed by atoms with E-state index in [0.717, 1.165) is 0 Å². The lowest BCUT2D eigenvalue weighted by Crippen LogP contribution is -1.82. The van der Waals surface area contributed by atoms with Gasteiger partial charge in [-0.15, -0.1) is 0 Å². The van der Waals surface area contributed by atoms with Gasteiger partial charge in [0.05, 0.1) is 0 Å². The van der Waals surface area contributed by atoms with Crippen LogP contribution in [0.1, 0.15) is 13.8 Å². The summed E-state index contributed by atoms with van der Waals surface area (Å²) in [6.45, 7) is 7.30. The molecule has 0 spiro atoms. The second kappa shape index (κ2) is 10.2. The summed E-state index contributed by atoms with van der Waals surface area (Å²) in [4.78, 5) is 3.64. The molecule has 0 aromatic rings. The van der Waals surface area contributed by atoms with E-state index in [4.69, 9.17) is 0 Å². The number of halogens is 2. The Morgan fingerprint density at radius 2 is 1.57 bits per heavy atom. The summed E-state index contributed by atoms with van der Waals surface area (Å²) in [5.74, 6) is 0. The van der Waals surface area contributed by atoms with E-state index < -0.39 is 0 Å². The maximum atomic E-state index is 3.64. The van der Waals surface area contributed by atoms with Crippen LogP contribution in [0.2, 0.25) is 0 Å². The van der Waals surface area contributed by atoms with E-state index in [1.165, 1.54) is 0 Å². The molecule has 7 heavy (non-hydrogen) atoms. The van der Waals surface area contributed by atoms with Crippen molar-refractivity contribution in [3.8, 4) is 0 Å². The van der Waals surface area contributed by atoms with Gasteiger partial charge >= 0.3 is 0 Å². The number of rotatable bonds is 1. The van der Waals surface area contributed by atoms with Crippen molar-refractivity contribution in [2.45, 2.75) is 19.9 Å². The highest BCUT2D eigenvalue weighted by Gasteiger charge is 1.74. The van der Waals surface area contributed by atoms with E-state index in [0.29, 0.717) is 6.04 Å². The number of nitrogens with zero attached hydrogens (tertiary/aromatic N) is 1. The molecule has 0 aliphatic carbocycles. The maximum absolute atomic E-state index is 3.64. The molecule has 0 aliphatic rings. The van der Waals surface area contributed by atoms with Gasteiger partial charge in [-0.2, -0.15) is 0 Å². The molecule has 0 atom stereocenters. The van der Waals surface area contributed by atoms with Gasteiger partial charge in [0.2, 0.25) is 0 Å². The third kappa shape index (κ3) is 19.2. The van der Waals surface area contributed by atoms with Gasteiger partial charge in [-0.05, 0) is 20.6 Å². The molecule has 0 saturated carbocycles. The van der Waals surface area contributed by atoms with Gasteiger partial charge in [-0.25, -0.2) is 0 Å². The summed E-state index contributed by atoms with van der Waals surface area (Å²) < 4.78 is 0. The second-order valence-corrected chi connectivity index (χ2v) is 1.28. The molecule has 0 aromatic heterocycles. The van der Waals surface area contributed by atoms with Crippen molar-refractivity contribution in [3.05, 3.63) is 0 Å². The summed E-state index contributed by atoms with van der Waals surface area (Å²) in [7, 11) is 0. The fourth-order valence-electron chi connectivity index (χ4n) is 0. The van der Waals surface area contributed by atoms with Crippen molar-refractivity contribution < 1.29 is 0 Å². The normalized spacial score (nSPS) is 7.00. The zero-order valence-electron chi connectivity index (χ0n) is 4.49. The number of hydrogen-bond donors (Lipinski definition) is 0. The van der Waals surface area contributed by atoms with E-state index in [1.54, 1.807) is 0 Å². The Kier molecular flexibility index (Phi) is 16.0. The monoisotopic (exact) mass is 325 g/mol. The molecule has 0 amide bonds. The molecular formula is C4H9I2N. The molecule has 0 fully saturated rings. The maximum Gasteiger partial charge on any atom is 0.0436 e. The van der Waals surface area contributed by atoms with Crippen LogP contribution in [0.3, 0.4) is 0 Å². The van der Waals surface area contributed by atoms with Crippen LogP contribution in [0, 0.1) is 0 Å². The molecule has 0 N–H and O–H groups in total. The van der Waals surface area contributed by atoms with Gasteiger partial charge in [0.1, 0.15) is 0 Å². The molecule has 0 radical (unpaired) electrons. The lowest BCUT2D eigenvalue weighted by atomic mass is 10.4. The SMILES string of the molecule is C=NC(C)C.II. The first kappa shape index (κ1) is 11.0. The number of hydrogen-bond acceptors (Lipinski definition) is 1. The third-order valence-electron chi connectivity index (χ3n) is 0.365. The zero-order valence-corrected chi connectivity index (χ0v) is 8.80. The Bertz CT molecular complexity index is 36.7. The van der Waals surface area contributed by atoms with Gasteiger partial charge in [-0.3, -0.25) is 4.99 Å². The molecule has 1 nitrogen and oxygen atoms in total. The highest BCUT2D eigenvalue weighted by atomic mass is 128. The summed E-state index contributed by atoms with van der Waals surface area (Å²) in [5, 5.41) is 0. The molecule has 0 bridgehead atoms. The van der Waals surface area contributed by atoms with E-state index in [2.05, 4.69) is 48.9 Å². The summed E-state index contributed by atoms with van der Waals surface area (Å²) in [5.41, 5.74) is 0. The van der Waals surface area contributed by atoms with Gasteiger partial charge in [0.15, 0.2) is 0 Å². The van der Waals surface area contributed by atoms with Gasteiger partial charge in [-0.1, -0.05) is 0 Å². The van der Waals surface area contributed by atoms with Crippen LogP contribution in [0.25, 0.3) is 0 Å². The van der Waals surface area contributed by atoms with Crippen LogP contribution in [0.15, 0.2) is 4.99 Å². The molecule has 44 valence electrons. The van der Waals surface area contributed by atoms with Crippen molar-refractivity contribution in [1.29, 1.82) is 0 Å². The zero-order chi connectivity index (χ0) is 6.28. The van der Waals surface area contributed by atoms with Crippen molar-refractivity contribution in [1.82, 2.24) is 0 Å². The van der Waals surface area contributed by atoms with E-state index in [9.17, 15) is 0 Å². The molecule has 3 heteroatoms. The Labute approximate surface area is 68.3 Å². The van der Waals surface area contributed by atoms with Gasteiger partial charge < -0.3 is 0 Å². The minimum atomic E-state index is 0.398. The highest BCUT2D eigenvalue weighted by Crippen LogP contribution is 1.89. The van der Waals surface area contributed by atoms with Crippen molar-refractivity contribution in [2.24, 2.45) is 4.99 Å². The quantitative estimate of drug-likeness (QED) is 0.519. The van der Waals surface area contributed by atoms with Crippen LogP contribution in [-0.4, -0.2) is 12.8 Å². The molecule has 0 unspecified atom stereocenters. The van der Waals surface area contributed by atoms with Gasteiger partial charge in [0.25, 0.3) is 0 Å². The molecule has 0 rings (SSSR count). The Morgan fingerprint density at radius 1 is 1.43 bits per heavy atom. The topological polar surface area (TPSA) is 12.4 Å². The van der Waals surface area contributed by atoms with Crippen molar-refractivity contribution in [2.75, 3.05) is 0 Å². The van der Waals surface area contributed by atoms with Crippen molar-refractivity contribution >= 4 is 43.9 Å². The predicted molar refractivity (Wildman–Crippen MR) is 52.7 cm³/mol. The van der Waals surface area contributed by atoms with Crippen LogP contribution >= 0.6 is 37.2 Å². The third-order valence-corrected chi connectivity index (χ3v) is 0.365. The van der Waals surface area contributed by atoms with E-state index >= 15 is 0 Å². The lowest BCUT2D eigenvalue weighted by Gasteiger charge is -1.85. The minimum Gasteiger partial charge on any atom is -0.298 e. The molecule has 0 aromatic carbocycles. The number of aliphatic imine (C=N–C) groups is 1. The Balaban J connectivity index is 0. The average molecular weight is 325 g/mol. The fourth-order valence-corrected chi connectivity index (χ4v) is 0. The first-order chi connectivity index (χ1) is 3.27. The summed E-state index contributed by atoms with van der Waals surface area (Å²) in [6, 6.07) is 0.398. The smallest absolute Gasteiger partial charge is 0.0436 e. The minimum absolute atomic E-state index is 0.398. The highest BCUT2D eigenvalue weighted by molar-refractivity contribution is 15.0. The average Bonchev–Trinajstić information content (AvgIpc) is 1.73. The summed E-state index contributed by atoms with van der Waals surface area (Å²) >= 11 is 4.24. The summed E-state index contributed by atoms with van der Waals surface area (Å²) in [6.07, 6.45) is 0. The largest absolute Gasteiger partial charge is 0.298 e. The van der Waals surface area contributed by atoms with Crippen LogP contribution in [0.5, 0.6) is 0 Å². The van der Waals surface area contributed by atoms with Crippen LogP contribution < -0.4 is 0 Å². The standard InChI is InChI=1S/C4H9N.I2/c1-4(2)5-3;1-2/h4H,3H2,1-2H3;. The second-order valence-electron chi connectivity index (χ2n) is 1.28. The first-order valence-corrected chi connectivity index (χ1v) is 8.16. The van der Waals surface area contributed by atoms with Crippen LogP contribution in [0.4, 0.5) is 0 Å².